The minimum atomic E-state index is -3.72. The Morgan fingerprint density at radius 3 is 1.06 bits per heavy atom. The molecule has 23 atom stereocenters. The summed E-state index contributed by atoms with van der Waals surface area (Å²) < 4.78 is 164. The highest BCUT2D eigenvalue weighted by atomic mass is 32.2. The van der Waals surface area contributed by atoms with Gasteiger partial charge < -0.3 is 37.9 Å². The zero-order valence-corrected chi connectivity index (χ0v) is 68.5. The number of carbonyl (C=O) groups is 8. The Morgan fingerprint density at radius 2 is 0.710 bits per heavy atom. The minimum absolute atomic E-state index is 0.00119. The molecule has 13 aliphatic rings. The summed E-state index contributed by atoms with van der Waals surface area (Å²) >= 11 is 0. The average molecular weight is 1590 g/mol. The maximum Gasteiger partial charge on any atom is 0.350 e. The molecule has 0 amide bonds. The van der Waals surface area contributed by atoms with E-state index in [1.807, 2.05) is 41.5 Å². The Morgan fingerprint density at radius 1 is 0.383 bits per heavy atom. The van der Waals surface area contributed by atoms with Crippen LogP contribution in [0.5, 0.6) is 0 Å². The summed E-state index contributed by atoms with van der Waals surface area (Å²) in [5.74, 6) is -4.75. The summed E-state index contributed by atoms with van der Waals surface area (Å²) in [5.41, 5.74) is -6.96. The third-order valence-electron chi connectivity index (χ3n) is 26.6. The van der Waals surface area contributed by atoms with Gasteiger partial charge in [-0.1, -0.05) is 67.7 Å². The molecular formula is C75H116O28S4. The van der Waals surface area contributed by atoms with Crippen molar-refractivity contribution in [2.45, 2.75) is 352 Å². The molecule has 0 aromatic rings. The first-order valence-corrected chi connectivity index (χ1v) is 44.9. The fourth-order valence-corrected chi connectivity index (χ4v) is 26.1. The Balaban J connectivity index is 0.000000153. The molecule has 0 N–H and O–H groups in total. The minimum Gasteiger partial charge on any atom is -0.458 e. The van der Waals surface area contributed by atoms with Crippen LogP contribution >= 0.6 is 0 Å². The van der Waals surface area contributed by atoms with Crippen molar-refractivity contribution in [3.63, 3.8) is 0 Å². The SMILES string of the molecule is CCC(C)(C)C(=O)OC(C)(CC)C(=O)OC1C2CC3OS(=O)(=O)C1C3C2.CCC(C)(C)C(=O)OC1(C(=O)OC2C3CC4OS(=O)(=O)C2C4C3)CCCCC1.CCCC(C)(OC(=O)C(C)(C)CC)C(=O)OC1C2CC3OS(=O)(=O)C1C3C2.CCCC(OC(=O)C(C)(C)CC)C(=O)OC1C2CC3OS(=O)(=O)C1C3C2. The number of hydrogen-bond acceptors (Lipinski definition) is 28. The van der Waals surface area contributed by atoms with Crippen LogP contribution in [0.1, 0.15) is 259 Å². The first-order chi connectivity index (χ1) is 49.6. The van der Waals surface area contributed by atoms with E-state index in [2.05, 4.69) is 0 Å². The third kappa shape index (κ3) is 16.2. The molecule has 4 aliphatic heterocycles. The van der Waals surface area contributed by atoms with Gasteiger partial charge in [-0.2, -0.15) is 33.7 Å². The van der Waals surface area contributed by atoms with E-state index in [1.165, 1.54) is 6.92 Å². The Hall–Kier alpha value is -4.60. The van der Waals surface area contributed by atoms with Gasteiger partial charge in [0.25, 0.3) is 40.5 Å². The van der Waals surface area contributed by atoms with E-state index >= 15 is 0 Å². The Labute approximate surface area is 632 Å². The van der Waals surface area contributed by atoms with E-state index in [0.717, 1.165) is 19.3 Å². The normalized spacial score (nSPS) is 36.3. The lowest BCUT2D eigenvalue weighted by Gasteiger charge is -2.38. The smallest absolute Gasteiger partial charge is 0.350 e. The summed E-state index contributed by atoms with van der Waals surface area (Å²) in [6.07, 6.45) is 8.15. The van der Waals surface area contributed by atoms with Crippen LogP contribution in [0.3, 0.4) is 0 Å². The van der Waals surface area contributed by atoms with Gasteiger partial charge >= 0.3 is 47.8 Å². The Kier molecular flexibility index (Phi) is 24.4. The molecular weight excluding hydrogens is 1480 g/mol. The maximum atomic E-state index is 13.3. The zero-order valence-electron chi connectivity index (χ0n) is 65.2. The second kappa shape index (κ2) is 30.7. The summed E-state index contributed by atoms with van der Waals surface area (Å²) in [4.78, 5) is 102. The van der Waals surface area contributed by atoms with Crippen molar-refractivity contribution in [3.05, 3.63) is 0 Å². The van der Waals surface area contributed by atoms with Gasteiger partial charge in [-0.05, 0) is 191 Å². The maximum absolute atomic E-state index is 13.3. The first kappa shape index (κ1) is 84.8. The van der Waals surface area contributed by atoms with Crippen molar-refractivity contribution in [2.24, 2.45) is 69.0 Å². The molecule has 0 radical (unpaired) electrons. The molecule has 608 valence electrons. The highest BCUT2D eigenvalue weighted by molar-refractivity contribution is 7.88. The van der Waals surface area contributed by atoms with Crippen LogP contribution in [0.15, 0.2) is 0 Å². The van der Waals surface area contributed by atoms with E-state index in [1.54, 1.807) is 69.2 Å². The van der Waals surface area contributed by atoms with E-state index in [-0.39, 0.29) is 78.2 Å². The largest absolute Gasteiger partial charge is 0.458 e. The fraction of sp³-hybridized carbons (Fsp3) is 0.893. The predicted octanol–water partition coefficient (Wildman–Crippen LogP) is 9.66. The van der Waals surface area contributed by atoms with E-state index < -0.39 is 178 Å². The molecule has 4 heterocycles. The van der Waals surface area contributed by atoms with Gasteiger partial charge in [0.05, 0.1) is 46.1 Å². The van der Waals surface area contributed by atoms with Crippen LogP contribution in [-0.4, -0.2) is 174 Å². The fourth-order valence-electron chi connectivity index (χ4n) is 18.0. The van der Waals surface area contributed by atoms with Crippen LogP contribution in [0.4, 0.5) is 0 Å². The molecule has 9 aliphatic carbocycles. The summed E-state index contributed by atoms with van der Waals surface area (Å²) in [6.45, 7) is 30.3. The molecule has 32 heteroatoms. The highest BCUT2D eigenvalue weighted by Crippen LogP contribution is 2.60. The van der Waals surface area contributed by atoms with Gasteiger partial charge in [-0.15, -0.1) is 0 Å². The monoisotopic (exact) mass is 1590 g/mol. The van der Waals surface area contributed by atoms with Gasteiger partial charge in [0, 0.05) is 47.3 Å². The van der Waals surface area contributed by atoms with Crippen molar-refractivity contribution in [1.29, 1.82) is 0 Å². The summed E-state index contributed by atoms with van der Waals surface area (Å²) in [6, 6.07) is 0. The van der Waals surface area contributed by atoms with Gasteiger partial charge in [0.1, 0.15) is 45.4 Å². The van der Waals surface area contributed by atoms with E-state index in [0.29, 0.717) is 116 Å². The summed E-state index contributed by atoms with van der Waals surface area (Å²) in [7, 11) is -14.8. The van der Waals surface area contributed by atoms with Gasteiger partial charge in [-0.3, -0.25) is 35.9 Å². The number of ether oxygens (including phenoxy) is 8. The predicted molar refractivity (Wildman–Crippen MR) is 382 cm³/mol. The van der Waals surface area contributed by atoms with Gasteiger partial charge in [0.2, 0.25) is 16.8 Å². The lowest BCUT2D eigenvalue weighted by Crippen LogP contribution is -2.51. The number of fused-ring (bicyclic) bond motifs is 4. The molecule has 9 saturated carbocycles. The average Bonchev–Trinajstić information content (AvgIpc) is 1.57. The molecule has 0 spiro atoms. The van der Waals surface area contributed by atoms with Gasteiger partial charge in [-0.25, -0.2) is 19.2 Å². The molecule has 8 bridgehead atoms. The molecule has 0 aromatic carbocycles. The van der Waals surface area contributed by atoms with Crippen molar-refractivity contribution in [3.8, 4) is 0 Å². The molecule has 23 unspecified atom stereocenters. The van der Waals surface area contributed by atoms with E-state index in [9.17, 15) is 72.0 Å². The van der Waals surface area contributed by atoms with Crippen LogP contribution in [-0.2, 0) is 133 Å². The molecule has 0 aromatic heterocycles. The van der Waals surface area contributed by atoms with E-state index in [4.69, 9.17) is 54.6 Å². The zero-order chi connectivity index (χ0) is 79.3. The van der Waals surface area contributed by atoms with Crippen molar-refractivity contribution >= 4 is 88.2 Å². The number of carbonyl (C=O) groups excluding carboxylic acids is 8. The van der Waals surface area contributed by atoms with Crippen LogP contribution < -0.4 is 0 Å². The van der Waals surface area contributed by atoms with Crippen molar-refractivity contribution in [1.82, 2.24) is 0 Å². The first-order valence-electron chi connectivity index (χ1n) is 39.0. The third-order valence-corrected chi connectivity index (χ3v) is 33.8. The highest BCUT2D eigenvalue weighted by Gasteiger charge is 2.71. The quantitative estimate of drug-likeness (QED) is 0.0466. The van der Waals surface area contributed by atoms with Crippen LogP contribution in [0.25, 0.3) is 0 Å². The molecule has 4 saturated heterocycles. The second-order valence-electron chi connectivity index (χ2n) is 35.4. The van der Waals surface area contributed by atoms with Crippen molar-refractivity contribution < 1.29 is 127 Å². The van der Waals surface area contributed by atoms with Crippen molar-refractivity contribution in [2.75, 3.05) is 0 Å². The second-order valence-corrected chi connectivity index (χ2v) is 42.3. The lowest BCUT2D eigenvalue weighted by molar-refractivity contribution is -0.197. The molecule has 107 heavy (non-hydrogen) atoms. The van der Waals surface area contributed by atoms with Crippen LogP contribution in [0.2, 0.25) is 0 Å². The topological polar surface area (TPSA) is 384 Å². The molecule has 28 nitrogen and oxygen atoms in total. The number of hydrogen-bond donors (Lipinski definition) is 0. The Bertz CT molecular complexity index is 3870. The standard InChI is InChI=1S/C20H30O7S.C19H30O7S.2C18H28O7S/c1-4-19(2,3)17(21)26-20(8-6-5-7-9-20)18(22)25-15-12-10-13-14(11-12)27-28(23,24)16(13)15;1-6-8-19(5,25-16(20)18(3,4)7-2)17(21)24-14-11-9-12-13(10-11)26-27(22,23)15(12)14;1-6-17(3,4)15(19)24-18(5,7-2)16(20)23-13-10-8-11-12(9-10)25-26(21,22)14(11)13;1-5-7-12(23-17(20)18(3,4)6-2)16(19)24-14-10-8-11-13(9-10)25-26(21,22)15(11)14/h12-16H,4-11H2,1-3H3;11-15H,6-10H2,1-5H3;10-14H,6-9H2,1-5H3;10-15H,5-9H2,1-4H3. The molecule has 13 rings (SSSR count). The summed E-state index contributed by atoms with van der Waals surface area (Å²) in [5, 5.41) is -3.14. The lowest BCUT2D eigenvalue weighted by atomic mass is 9.83. The number of rotatable bonds is 25. The van der Waals surface area contributed by atoms with Crippen LogP contribution in [0, 0.1) is 69.0 Å². The number of esters is 8. The van der Waals surface area contributed by atoms with Gasteiger partial charge in [0.15, 0.2) is 6.10 Å². The molecule has 13 fully saturated rings.